The number of hydrogen-bond donors (Lipinski definition) is 7. The Hall–Kier alpha value is -5.73. The van der Waals surface area contributed by atoms with Crippen LogP contribution in [0, 0.1) is 13.8 Å². The number of carbonyl (C=O) groups is 5. The van der Waals surface area contributed by atoms with Crippen molar-refractivity contribution in [1.82, 2.24) is 25.8 Å². The molecule has 4 atom stereocenters. The molecule has 14 heteroatoms. The highest BCUT2D eigenvalue weighted by Gasteiger charge is 2.35. The van der Waals surface area contributed by atoms with Gasteiger partial charge < -0.3 is 36.5 Å². The number of methoxy groups -OCH3 is 1. The number of nitrogens with zero attached hydrogens (tertiary/aromatic N) is 1. The van der Waals surface area contributed by atoms with Crippen molar-refractivity contribution in [3.63, 3.8) is 0 Å². The molecular weight excluding hydrogens is 690 g/mol. The van der Waals surface area contributed by atoms with Crippen molar-refractivity contribution >= 4 is 41.8 Å². The van der Waals surface area contributed by atoms with Gasteiger partial charge in [-0.15, -0.1) is 0 Å². The van der Waals surface area contributed by atoms with Crippen LogP contribution in [0.25, 0.3) is 12.2 Å². The number of carbonyl (C=O) groups excluding carboxylic acids is 5. The summed E-state index contributed by atoms with van der Waals surface area (Å²) in [5.41, 5.74) is 16.4. The number of nitrogens with one attached hydrogen (secondary N) is 4. The van der Waals surface area contributed by atoms with E-state index in [9.17, 15) is 29.1 Å². The number of urea groups is 1. The lowest BCUT2D eigenvalue weighted by molar-refractivity contribution is -0.138. The number of aromatic amines is 1. The van der Waals surface area contributed by atoms with E-state index < -0.39 is 54.0 Å². The standard InChI is InChI=1S/C40H53N7O7/c1-7-10-17-47(39(52)34(45-38(51)36(42)54-6)22-30-24(4)18-28(48)19-25(30)5)40(53)46-33(21-27-23-43-31(9-3)29(27)14-8-2)37(50)44-32(35(41)49)20-26-15-12-11-13-16-26/h8-9,11-16,18-19,23,32-34,36,43,48H,3,7,10,17,20-22,42H2,1-2,4-6H3,(H2,41,49)(H,44,50)(H,45,51)(H,46,53)/b14-8-. The van der Waals surface area contributed by atoms with Crippen LogP contribution in [0.1, 0.15) is 65.8 Å². The second-order valence-corrected chi connectivity index (χ2v) is 13.0. The Morgan fingerprint density at radius 2 is 1.61 bits per heavy atom. The first-order chi connectivity index (χ1) is 25.7. The number of primary amides is 1. The third kappa shape index (κ3) is 11.6. The molecule has 0 aliphatic heterocycles. The monoisotopic (exact) mass is 743 g/mol. The fourth-order valence-electron chi connectivity index (χ4n) is 6.07. The van der Waals surface area contributed by atoms with Gasteiger partial charge in [-0.1, -0.05) is 62.4 Å². The van der Waals surface area contributed by atoms with E-state index in [4.69, 9.17) is 16.2 Å². The van der Waals surface area contributed by atoms with Crippen molar-refractivity contribution in [2.45, 2.75) is 84.2 Å². The van der Waals surface area contributed by atoms with Crippen LogP contribution in [0.3, 0.4) is 0 Å². The molecule has 0 saturated carbocycles. The van der Waals surface area contributed by atoms with Crippen molar-refractivity contribution in [2.75, 3.05) is 13.7 Å². The molecule has 3 rings (SSSR count). The number of aromatic hydroxyl groups is 1. The number of allylic oxidation sites excluding steroid dienone is 1. The van der Waals surface area contributed by atoms with Gasteiger partial charge in [0, 0.05) is 50.4 Å². The van der Waals surface area contributed by atoms with E-state index in [0.29, 0.717) is 40.8 Å². The summed E-state index contributed by atoms with van der Waals surface area (Å²) in [7, 11) is 1.24. The Kier molecular flexibility index (Phi) is 16.2. The summed E-state index contributed by atoms with van der Waals surface area (Å²) in [5, 5.41) is 18.2. The van der Waals surface area contributed by atoms with E-state index in [2.05, 4.69) is 27.5 Å². The lowest BCUT2D eigenvalue weighted by Crippen LogP contribution is -2.60. The van der Waals surface area contributed by atoms with Gasteiger partial charge in [0.25, 0.3) is 11.8 Å². The lowest BCUT2D eigenvalue weighted by Gasteiger charge is -2.30. The zero-order valence-corrected chi connectivity index (χ0v) is 31.6. The van der Waals surface area contributed by atoms with Gasteiger partial charge in [-0.3, -0.25) is 29.8 Å². The van der Waals surface area contributed by atoms with Crippen LogP contribution in [-0.4, -0.2) is 82.7 Å². The molecule has 14 nitrogen and oxygen atoms in total. The Bertz CT molecular complexity index is 1800. The topological polar surface area (TPSA) is 222 Å². The molecule has 2 aromatic carbocycles. The summed E-state index contributed by atoms with van der Waals surface area (Å²) in [6.07, 6.45) is 6.65. The van der Waals surface area contributed by atoms with E-state index in [-0.39, 0.29) is 31.6 Å². The SMILES string of the molecule is C=Cc1[nH]cc(CC(NC(=O)N(CCCC)C(=O)C(Cc2c(C)cc(O)cc2C)NC(=O)C(N)OC)C(=O)NC(Cc2ccccc2)C(N)=O)c1/C=C\C. The van der Waals surface area contributed by atoms with Gasteiger partial charge >= 0.3 is 6.03 Å². The molecule has 0 bridgehead atoms. The maximum atomic E-state index is 14.4. The van der Waals surface area contributed by atoms with Crippen LogP contribution in [-0.2, 0) is 43.2 Å². The van der Waals surface area contributed by atoms with E-state index >= 15 is 0 Å². The molecule has 9 N–H and O–H groups in total. The average molecular weight is 744 g/mol. The number of ether oxygens (including phenoxy) is 1. The molecule has 6 amide bonds. The lowest BCUT2D eigenvalue weighted by atomic mass is 9.95. The van der Waals surface area contributed by atoms with Gasteiger partial charge in [-0.2, -0.15) is 0 Å². The molecule has 1 aromatic heterocycles. The van der Waals surface area contributed by atoms with Gasteiger partial charge in [0.05, 0.1) is 0 Å². The number of unbranched alkanes of at least 4 members (excludes halogenated alkanes) is 1. The summed E-state index contributed by atoms with van der Waals surface area (Å²) in [4.78, 5) is 72.4. The van der Waals surface area contributed by atoms with Crippen molar-refractivity contribution < 1.29 is 33.8 Å². The molecule has 1 heterocycles. The van der Waals surface area contributed by atoms with Gasteiger partial charge in [-0.05, 0) is 73.2 Å². The summed E-state index contributed by atoms with van der Waals surface area (Å²) in [6.45, 7) is 11.0. The maximum absolute atomic E-state index is 14.4. The first kappa shape index (κ1) is 42.7. The number of rotatable bonds is 19. The Labute approximate surface area is 316 Å². The first-order valence-corrected chi connectivity index (χ1v) is 17.8. The zero-order chi connectivity index (χ0) is 39.9. The van der Waals surface area contributed by atoms with Crippen LogP contribution in [0.2, 0.25) is 0 Å². The number of imide groups is 1. The minimum absolute atomic E-state index is 0.0387. The third-order valence-electron chi connectivity index (χ3n) is 9.02. The summed E-state index contributed by atoms with van der Waals surface area (Å²) >= 11 is 0. The minimum atomic E-state index is -1.39. The fraction of sp³-hybridized carbons (Fsp3) is 0.375. The molecule has 54 heavy (non-hydrogen) atoms. The highest BCUT2D eigenvalue weighted by molar-refractivity contribution is 6.01. The molecule has 0 spiro atoms. The molecule has 0 aliphatic rings. The Morgan fingerprint density at radius 1 is 0.963 bits per heavy atom. The molecule has 0 saturated heterocycles. The number of phenols is 1. The second-order valence-electron chi connectivity index (χ2n) is 13.0. The molecule has 4 unspecified atom stereocenters. The smallest absolute Gasteiger partial charge is 0.324 e. The van der Waals surface area contributed by atoms with Crippen molar-refractivity contribution in [2.24, 2.45) is 11.5 Å². The average Bonchev–Trinajstić information content (AvgIpc) is 3.52. The van der Waals surface area contributed by atoms with Gasteiger partial charge in [0.1, 0.15) is 23.9 Å². The molecular formula is C40H53N7O7. The number of aromatic nitrogens is 1. The number of nitrogens with two attached hydrogens (primary N) is 2. The number of aryl methyl sites for hydroxylation is 2. The fourth-order valence-corrected chi connectivity index (χ4v) is 6.07. The highest BCUT2D eigenvalue weighted by atomic mass is 16.5. The summed E-state index contributed by atoms with van der Waals surface area (Å²) in [5.74, 6) is -2.97. The van der Waals surface area contributed by atoms with Crippen LogP contribution in [0.5, 0.6) is 5.75 Å². The molecule has 3 aromatic rings. The van der Waals surface area contributed by atoms with Crippen LogP contribution >= 0.6 is 0 Å². The van der Waals surface area contributed by atoms with Crippen LogP contribution < -0.4 is 27.4 Å². The maximum Gasteiger partial charge on any atom is 0.324 e. The predicted molar refractivity (Wildman–Crippen MR) is 208 cm³/mol. The minimum Gasteiger partial charge on any atom is -0.508 e. The third-order valence-corrected chi connectivity index (χ3v) is 9.02. The summed E-state index contributed by atoms with van der Waals surface area (Å²) in [6, 6.07) is 7.52. The van der Waals surface area contributed by atoms with Gasteiger partial charge in [-0.25, -0.2) is 4.79 Å². The predicted octanol–water partition coefficient (Wildman–Crippen LogP) is 3.13. The second kappa shape index (κ2) is 20.5. The van der Waals surface area contributed by atoms with Gasteiger partial charge in [0.15, 0.2) is 6.23 Å². The molecule has 0 fully saturated rings. The van der Waals surface area contributed by atoms with Crippen LogP contribution in [0.4, 0.5) is 4.79 Å². The van der Waals surface area contributed by atoms with E-state index in [0.717, 1.165) is 16.0 Å². The normalized spacial score (nSPS) is 13.4. The van der Waals surface area contributed by atoms with Crippen LogP contribution in [0.15, 0.2) is 61.3 Å². The highest BCUT2D eigenvalue weighted by Crippen LogP contribution is 2.23. The van der Waals surface area contributed by atoms with Crippen molar-refractivity contribution in [3.05, 3.63) is 100 Å². The molecule has 290 valence electrons. The first-order valence-electron chi connectivity index (χ1n) is 17.8. The number of phenolic OH excluding ortho intramolecular Hbond substituents is 1. The molecule has 0 radical (unpaired) electrons. The Balaban J connectivity index is 2.04. The van der Waals surface area contributed by atoms with E-state index in [1.54, 1.807) is 50.4 Å². The number of benzene rings is 2. The van der Waals surface area contributed by atoms with E-state index in [1.165, 1.54) is 19.2 Å². The number of amides is 6. The Morgan fingerprint density at radius 3 is 2.19 bits per heavy atom. The van der Waals surface area contributed by atoms with E-state index in [1.807, 2.05) is 32.1 Å². The quantitative estimate of drug-likeness (QED) is 0.0902. The number of H-pyrrole nitrogens is 1. The van der Waals surface area contributed by atoms with Gasteiger partial charge in [0.2, 0.25) is 11.8 Å². The van der Waals surface area contributed by atoms with Crippen molar-refractivity contribution in [3.8, 4) is 5.75 Å². The largest absolute Gasteiger partial charge is 0.508 e. The zero-order valence-electron chi connectivity index (χ0n) is 31.6. The summed E-state index contributed by atoms with van der Waals surface area (Å²) < 4.78 is 4.97. The number of hydrogen-bond acceptors (Lipinski definition) is 8. The van der Waals surface area contributed by atoms with Crippen molar-refractivity contribution in [1.29, 1.82) is 0 Å². The molecule has 0 aliphatic carbocycles.